The molecular weight excluding hydrogens is 248 g/mol. The first-order valence-corrected chi connectivity index (χ1v) is 7.02. The minimum atomic E-state index is 0.0477. The molecule has 2 aromatic heterocycles. The van der Waals surface area contributed by atoms with Crippen LogP contribution in [-0.2, 0) is 6.42 Å². The van der Waals surface area contributed by atoms with E-state index in [4.69, 9.17) is 4.52 Å². The van der Waals surface area contributed by atoms with Crippen molar-refractivity contribution in [2.45, 2.75) is 19.4 Å². The van der Waals surface area contributed by atoms with Crippen molar-refractivity contribution < 1.29 is 4.52 Å². The molecule has 0 saturated heterocycles. The highest BCUT2D eigenvalue weighted by Gasteiger charge is 2.27. The van der Waals surface area contributed by atoms with Crippen LogP contribution in [0, 0.1) is 0 Å². The van der Waals surface area contributed by atoms with E-state index in [-0.39, 0.29) is 6.04 Å². The summed E-state index contributed by atoms with van der Waals surface area (Å²) in [7, 11) is 1.96. The molecule has 0 saturated carbocycles. The second kappa shape index (κ2) is 4.70. The zero-order valence-corrected chi connectivity index (χ0v) is 11.3. The minimum Gasteiger partial charge on any atom is -0.342 e. The fourth-order valence-corrected chi connectivity index (χ4v) is 3.03. The number of nitrogens with one attached hydrogen (secondary N) is 1. The van der Waals surface area contributed by atoms with E-state index in [9.17, 15) is 0 Å². The summed E-state index contributed by atoms with van der Waals surface area (Å²) in [6.45, 7) is 3.88. The summed E-state index contributed by atoms with van der Waals surface area (Å²) in [5.41, 5.74) is 1.28. The van der Waals surface area contributed by atoms with Crippen LogP contribution >= 0.6 is 11.3 Å². The third kappa shape index (κ3) is 1.91. The molecule has 0 fully saturated rings. The standard InChI is InChI=1S/C12H16N4OS/c1-3-16(2)12-14-11(17-15-12)10-8-5-7-18-9(8)4-6-13-10/h5,7,10,13H,3-4,6H2,1-2H3. The predicted molar refractivity (Wildman–Crippen MR) is 71.1 cm³/mol. The molecule has 6 heteroatoms. The Morgan fingerprint density at radius 1 is 1.61 bits per heavy atom. The number of hydrogen-bond donors (Lipinski definition) is 1. The van der Waals surface area contributed by atoms with Crippen LogP contribution in [0.15, 0.2) is 16.0 Å². The smallest absolute Gasteiger partial charge is 0.265 e. The van der Waals surface area contributed by atoms with Crippen molar-refractivity contribution in [2.24, 2.45) is 0 Å². The van der Waals surface area contributed by atoms with Crippen LogP contribution in [0.25, 0.3) is 0 Å². The van der Waals surface area contributed by atoms with Crippen LogP contribution in [0.5, 0.6) is 0 Å². The molecule has 0 bridgehead atoms. The van der Waals surface area contributed by atoms with Gasteiger partial charge in [0.05, 0.1) is 0 Å². The number of aromatic nitrogens is 2. The van der Waals surface area contributed by atoms with Gasteiger partial charge in [0.15, 0.2) is 0 Å². The van der Waals surface area contributed by atoms with Crippen molar-refractivity contribution in [3.63, 3.8) is 0 Å². The molecule has 1 N–H and O–H groups in total. The fourth-order valence-electron chi connectivity index (χ4n) is 2.11. The predicted octanol–water partition coefficient (Wildman–Crippen LogP) is 1.82. The molecule has 1 aliphatic heterocycles. The molecule has 0 amide bonds. The molecule has 1 unspecified atom stereocenters. The van der Waals surface area contributed by atoms with E-state index in [2.05, 4.69) is 33.8 Å². The summed E-state index contributed by atoms with van der Waals surface area (Å²) in [6.07, 6.45) is 1.08. The van der Waals surface area contributed by atoms with Crippen molar-refractivity contribution >= 4 is 17.3 Å². The number of nitrogens with zero attached hydrogens (tertiary/aromatic N) is 3. The highest BCUT2D eigenvalue weighted by atomic mass is 32.1. The Labute approximate surface area is 110 Å². The van der Waals surface area contributed by atoms with E-state index in [1.54, 1.807) is 11.3 Å². The maximum absolute atomic E-state index is 5.39. The third-order valence-corrected chi connectivity index (χ3v) is 4.28. The first-order valence-electron chi connectivity index (χ1n) is 6.14. The van der Waals surface area contributed by atoms with Crippen LogP contribution in [0.1, 0.15) is 29.3 Å². The van der Waals surface area contributed by atoms with Crippen LogP contribution in [0.3, 0.4) is 0 Å². The SMILES string of the molecule is CCN(C)c1noc(C2NCCc3sccc32)n1. The van der Waals surface area contributed by atoms with Gasteiger partial charge < -0.3 is 14.7 Å². The zero-order chi connectivity index (χ0) is 12.5. The first-order chi connectivity index (χ1) is 8.79. The average Bonchev–Trinajstić information content (AvgIpc) is 3.05. The van der Waals surface area contributed by atoms with Gasteiger partial charge in [-0.25, -0.2) is 0 Å². The van der Waals surface area contributed by atoms with Gasteiger partial charge in [0.1, 0.15) is 6.04 Å². The number of rotatable bonds is 3. The molecular formula is C12H16N4OS. The van der Waals surface area contributed by atoms with Gasteiger partial charge in [-0.3, -0.25) is 0 Å². The lowest BCUT2D eigenvalue weighted by atomic mass is 10.0. The Balaban J connectivity index is 1.90. The van der Waals surface area contributed by atoms with Gasteiger partial charge in [0.2, 0.25) is 5.89 Å². The van der Waals surface area contributed by atoms with Gasteiger partial charge in [0, 0.05) is 25.0 Å². The second-order valence-corrected chi connectivity index (χ2v) is 5.38. The van der Waals surface area contributed by atoms with Gasteiger partial charge in [0.25, 0.3) is 5.95 Å². The molecule has 3 heterocycles. The van der Waals surface area contributed by atoms with Crippen LogP contribution in [0.4, 0.5) is 5.95 Å². The van der Waals surface area contributed by atoms with E-state index in [1.807, 2.05) is 11.9 Å². The molecule has 0 aromatic carbocycles. The van der Waals surface area contributed by atoms with E-state index < -0.39 is 0 Å². The summed E-state index contributed by atoms with van der Waals surface area (Å²) in [4.78, 5) is 7.85. The quantitative estimate of drug-likeness (QED) is 0.916. The number of thiophene rings is 1. The highest BCUT2D eigenvalue weighted by Crippen LogP contribution is 2.31. The van der Waals surface area contributed by atoms with Gasteiger partial charge >= 0.3 is 0 Å². The number of fused-ring (bicyclic) bond motifs is 1. The topological polar surface area (TPSA) is 54.2 Å². The highest BCUT2D eigenvalue weighted by molar-refractivity contribution is 7.10. The summed E-state index contributed by atoms with van der Waals surface area (Å²) in [5.74, 6) is 1.31. The van der Waals surface area contributed by atoms with Gasteiger partial charge in [-0.1, -0.05) is 0 Å². The third-order valence-electron chi connectivity index (χ3n) is 3.29. The van der Waals surface area contributed by atoms with Gasteiger partial charge in [-0.2, -0.15) is 4.98 Å². The van der Waals surface area contributed by atoms with E-state index in [1.165, 1.54) is 10.4 Å². The summed E-state index contributed by atoms with van der Waals surface area (Å²) in [6, 6.07) is 2.19. The van der Waals surface area contributed by atoms with Gasteiger partial charge in [-0.15, -0.1) is 11.3 Å². The normalized spacial score (nSPS) is 18.7. The lowest BCUT2D eigenvalue weighted by Gasteiger charge is -2.20. The number of anilines is 1. The second-order valence-electron chi connectivity index (χ2n) is 4.38. The summed E-state index contributed by atoms with van der Waals surface area (Å²) < 4.78 is 5.39. The van der Waals surface area contributed by atoms with Crippen molar-refractivity contribution in [2.75, 3.05) is 25.0 Å². The maximum atomic E-state index is 5.39. The molecule has 5 nitrogen and oxygen atoms in total. The largest absolute Gasteiger partial charge is 0.342 e. The molecule has 0 spiro atoms. The van der Waals surface area contributed by atoms with Crippen LogP contribution in [-0.4, -0.2) is 30.3 Å². The Morgan fingerprint density at radius 3 is 3.33 bits per heavy atom. The number of hydrogen-bond acceptors (Lipinski definition) is 6. The van der Waals surface area contributed by atoms with E-state index in [0.29, 0.717) is 11.8 Å². The Bertz CT molecular complexity index is 536. The van der Waals surface area contributed by atoms with Crippen molar-refractivity contribution in [3.8, 4) is 0 Å². The lowest BCUT2D eigenvalue weighted by molar-refractivity contribution is 0.344. The maximum Gasteiger partial charge on any atom is 0.265 e. The lowest BCUT2D eigenvalue weighted by Crippen LogP contribution is -2.29. The summed E-state index contributed by atoms with van der Waals surface area (Å²) in [5, 5.41) is 9.59. The monoisotopic (exact) mass is 264 g/mol. The minimum absolute atomic E-state index is 0.0477. The van der Waals surface area contributed by atoms with Crippen molar-refractivity contribution in [1.29, 1.82) is 0 Å². The molecule has 1 aliphatic rings. The van der Waals surface area contributed by atoms with Gasteiger partial charge in [-0.05, 0) is 35.5 Å². The molecule has 0 radical (unpaired) electrons. The van der Waals surface area contributed by atoms with E-state index >= 15 is 0 Å². The van der Waals surface area contributed by atoms with Crippen LogP contribution < -0.4 is 10.2 Å². The average molecular weight is 264 g/mol. The fraction of sp³-hybridized carbons (Fsp3) is 0.500. The first kappa shape index (κ1) is 11.7. The van der Waals surface area contributed by atoms with Crippen molar-refractivity contribution in [3.05, 3.63) is 27.8 Å². The van der Waals surface area contributed by atoms with Crippen molar-refractivity contribution in [1.82, 2.24) is 15.5 Å². The van der Waals surface area contributed by atoms with E-state index in [0.717, 1.165) is 19.5 Å². The zero-order valence-electron chi connectivity index (χ0n) is 10.5. The Morgan fingerprint density at radius 2 is 2.50 bits per heavy atom. The Kier molecular flexibility index (Phi) is 3.05. The molecule has 18 heavy (non-hydrogen) atoms. The van der Waals surface area contributed by atoms with Crippen LogP contribution in [0.2, 0.25) is 0 Å². The molecule has 96 valence electrons. The summed E-state index contributed by atoms with van der Waals surface area (Å²) >= 11 is 1.80. The molecule has 3 rings (SSSR count). The molecule has 0 aliphatic carbocycles. The molecule has 2 aromatic rings. The molecule has 1 atom stereocenters. The Hall–Kier alpha value is -1.40.